The van der Waals surface area contributed by atoms with Gasteiger partial charge in [-0.2, -0.15) is 0 Å². The van der Waals surface area contributed by atoms with Gasteiger partial charge in [0.2, 0.25) is 0 Å². The zero-order valence-electron chi connectivity index (χ0n) is 12.7. The molecular weight excluding hydrogens is 328 g/mol. The Morgan fingerprint density at radius 2 is 2.08 bits per heavy atom. The predicted molar refractivity (Wildman–Crippen MR) is 94.3 cm³/mol. The highest BCUT2D eigenvalue weighted by Gasteiger charge is 2.12. The molecule has 0 bridgehead atoms. The molecule has 0 fully saturated rings. The Balaban J connectivity index is 1.87. The third kappa shape index (κ3) is 2.28. The number of hydrogen-bond acceptors (Lipinski definition) is 5. The molecule has 0 saturated heterocycles. The number of fused-ring (bicyclic) bond motifs is 2. The second-order valence-corrected chi connectivity index (χ2v) is 5.66. The van der Waals surface area contributed by atoms with Gasteiger partial charge in [-0.15, -0.1) is 0 Å². The van der Waals surface area contributed by atoms with Gasteiger partial charge in [0.1, 0.15) is 12.1 Å². The molecule has 2 heterocycles. The average Bonchev–Trinajstić information content (AvgIpc) is 2.97. The van der Waals surface area contributed by atoms with Crippen LogP contribution >= 0.6 is 11.6 Å². The number of anilines is 2. The number of phenols is 1. The van der Waals surface area contributed by atoms with E-state index in [1.165, 1.54) is 13.4 Å². The minimum Gasteiger partial charge on any atom is -0.504 e. The number of methoxy groups -OCH3 is 1. The van der Waals surface area contributed by atoms with Crippen LogP contribution in [-0.4, -0.2) is 27.2 Å². The molecule has 0 spiro atoms. The molecule has 4 aromatic rings. The summed E-state index contributed by atoms with van der Waals surface area (Å²) in [4.78, 5) is 11.7. The molecule has 7 heteroatoms. The number of rotatable bonds is 3. The second kappa shape index (κ2) is 5.58. The van der Waals surface area contributed by atoms with Crippen molar-refractivity contribution in [2.24, 2.45) is 0 Å². The zero-order valence-corrected chi connectivity index (χ0v) is 13.4. The number of phenolic OH excluding ortho intramolecular Hbond substituents is 1. The van der Waals surface area contributed by atoms with Crippen LogP contribution in [-0.2, 0) is 0 Å². The number of aromatic hydroxyl groups is 1. The van der Waals surface area contributed by atoms with E-state index < -0.39 is 0 Å². The Morgan fingerprint density at radius 3 is 2.92 bits per heavy atom. The van der Waals surface area contributed by atoms with Gasteiger partial charge in [-0.3, -0.25) is 0 Å². The van der Waals surface area contributed by atoms with Crippen molar-refractivity contribution < 1.29 is 9.84 Å². The Hall–Kier alpha value is -2.99. The van der Waals surface area contributed by atoms with Crippen LogP contribution in [0.5, 0.6) is 11.5 Å². The van der Waals surface area contributed by atoms with E-state index in [1.807, 2.05) is 18.2 Å². The first kappa shape index (κ1) is 14.6. The lowest BCUT2D eigenvalue weighted by atomic mass is 10.2. The van der Waals surface area contributed by atoms with Gasteiger partial charge in [0.25, 0.3) is 0 Å². The van der Waals surface area contributed by atoms with Crippen molar-refractivity contribution in [1.82, 2.24) is 15.0 Å². The van der Waals surface area contributed by atoms with Gasteiger partial charge < -0.3 is 20.1 Å². The monoisotopic (exact) mass is 340 g/mol. The first-order valence-corrected chi connectivity index (χ1v) is 7.59. The molecule has 2 aromatic carbocycles. The van der Waals surface area contributed by atoms with Crippen LogP contribution in [0.3, 0.4) is 0 Å². The fourth-order valence-electron chi connectivity index (χ4n) is 2.69. The molecule has 0 aliphatic carbocycles. The summed E-state index contributed by atoms with van der Waals surface area (Å²) in [5, 5.41) is 15.5. The number of aromatic amines is 1. The predicted octanol–water partition coefficient (Wildman–Crippen LogP) is 4.22. The molecule has 0 aliphatic rings. The van der Waals surface area contributed by atoms with Crippen LogP contribution in [0.2, 0.25) is 5.02 Å². The number of para-hydroxylation sites is 1. The van der Waals surface area contributed by atoms with E-state index in [4.69, 9.17) is 16.3 Å². The molecule has 3 N–H and O–H groups in total. The van der Waals surface area contributed by atoms with E-state index >= 15 is 0 Å². The maximum Gasteiger partial charge on any atom is 0.161 e. The lowest BCUT2D eigenvalue weighted by molar-refractivity contribution is 0.374. The van der Waals surface area contributed by atoms with Crippen molar-refractivity contribution in [2.45, 2.75) is 0 Å². The summed E-state index contributed by atoms with van der Waals surface area (Å²) in [6.07, 6.45) is 3.19. The number of nitrogens with zero attached hydrogens (tertiary/aromatic N) is 2. The number of nitrogens with one attached hydrogen (secondary N) is 2. The smallest absolute Gasteiger partial charge is 0.161 e. The van der Waals surface area contributed by atoms with Gasteiger partial charge in [0, 0.05) is 23.0 Å². The lowest BCUT2D eigenvalue weighted by Crippen LogP contribution is -1.97. The molecule has 120 valence electrons. The fraction of sp³-hybridized carbons (Fsp3) is 0.0588. The van der Waals surface area contributed by atoms with Gasteiger partial charge >= 0.3 is 0 Å². The number of ether oxygens (including phenoxy) is 1. The molecule has 0 aliphatic heterocycles. The first-order valence-electron chi connectivity index (χ1n) is 7.21. The Labute approximate surface area is 142 Å². The third-order valence-electron chi connectivity index (χ3n) is 3.85. The van der Waals surface area contributed by atoms with Crippen molar-refractivity contribution in [3.8, 4) is 11.5 Å². The highest BCUT2D eigenvalue weighted by atomic mass is 35.5. The van der Waals surface area contributed by atoms with E-state index in [9.17, 15) is 5.11 Å². The standard InChI is InChI=1S/C17H13ClN4O2/c1-24-15-5-10-13(6-14(15)23)20-8-21-17(10)22-12-4-2-3-9-11(18)7-19-16(9)12/h2-8,19,23H,1H3,(H,20,21,22). The van der Waals surface area contributed by atoms with Crippen LogP contribution in [0.15, 0.2) is 42.9 Å². The Bertz CT molecular complexity index is 1060. The van der Waals surface area contributed by atoms with E-state index in [-0.39, 0.29) is 5.75 Å². The normalized spacial score (nSPS) is 11.1. The molecule has 0 unspecified atom stereocenters. The number of H-pyrrole nitrogens is 1. The van der Waals surface area contributed by atoms with Gasteiger partial charge in [-0.1, -0.05) is 23.7 Å². The van der Waals surface area contributed by atoms with Crippen LogP contribution in [0.25, 0.3) is 21.8 Å². The minimum atomic E-state index is 0.0351. The van der Waals surface area contributed by atoms with Gasteiger partial charge in [0.05, 0.1) is 28.9 Å². The summed E-state index contributed by atoms with van der Waals surface area (Å²) in [6.45, 7) is 0. The van der Waals surface area contributed by atoms with Crippen LogP contribution in [0.4, 0.5) is 11.5 Å². The first-order chi connectivity index (χ1) is 11.7. The molecule has 0 radical (unpaired) electrons. The number of halogens is 1. The number of hydrogen-bond donors (Lipinski definition) is 3. The molecule has 6 nitrogen and oxygen atoms in total. The quantitative estimate of drug-likeness (QED) is 0.520. The fourth-order valence-corrected chi connectivity index (χ4v) is 2.90. The molecular formula is C17H13ClN4O2. The van der Waals surface area contributed by atoms with E-state index in [2.05, 4.69) is 20.3 Å². The van der Waals surface area contributed by atoms with Crippen molar-refractivity contribution in [3.05, 3.63) is 47.9 Å². The molecule has 0 atom stereocenters. The second-order valence-electron chi connectivity index (χ2n) is 5.25. The Morgan fingerprint density at radius 1 is 1.21 bits per heavy atom. The number of aromatic nitrogens is 3. The maximum absolute atomic E-state index is 9.91. The SMILES string of the molecule is COc1cc2c(Nc3cccc4c(Cl)c[nH]c34)ncnc2cc1O. The van der Waals surface area contributed by atoms with Crippen molar-refractivity contribution in [2.75, 3.05) is 12.4 Å². The van der Waals surface area contributed by atoms with Crippen LogP contribution < -0.4 is 10.1 Å². The molecule has 24 heavy (non-hydrogen) atoms. The zero-order chi connectivity index (χ0) is 16.7. The minimum absolute atomic E-state index is 0.0351. The topological polar surface area (TPSA) is 83.1 Å². The van der Waals surface area contributed by atoms with E-state index in [1.54, 1.807) is 18.3 Å². The summed E-state index contributed by atoms with van der Waals surface area (Å²) in [5.41, 5.74) is 2.34. The molecule has 2 aromatic heterocycles. The van der Waals surface area contributed by atoms with Crippen LogP contribution in [0.1, 0.15) is 0 Å². The van der Waals surface area contributed by atoms with E-state index in [0.29, 0.717) is 22.1 Å². The van der Waals surface area contributed by atoms with Gasteiger partial charge in [-0.25, -0.2) is 9.97 Å². The molecule has 4 rings (SSSR count). The summed E-state index contributed by atoms with van der Waals surface area (Å²) in [7, 11) is 1.50. The number of benzene rings is 2. The molecule has 0 amide bonds. The van der Waals surface area contributed by atoms with E-state index in [0.717, 1.165) is 22.0 Å². The maximum atomic E-state index is 9.91. The van der Waals surface area contributed by atoms with Gasteiger partial charge in [-0.05, 0) is 12.1 Å². The lowest BCUT2D eigenvalue weighted by Gasteiger charge is -2.11. The summed E-state index contributed by atoms with van der Waals surface area (Å²) < 4.78 is 5.17. The summed E-state index contributed by atoms with van der Waals surface area (Å²) in [5.74, 6) is 1.01. The van der Waals surface area contributed by atoms with Crippen molar-refractivity contribution >= 4 is 44.9 Å². The van der Waals surface area contributed by atoms with Crippen LogP contribution in [0, 0.1) is 0 Å². The Kier molecular flexibility index (Phi) is 3.39. The summed E-state index contributed by atoms with van der Waals surface area (Å²) >= 11 is 6.17. The van der Waals surface area contributed by atoms with Crippen molar-refractivity contribution in [1.29, 1.82) is 0 Å². The van der Waals surface area contributed by atoms with Gasteiger partial charge in [0.15, 0.2) is 11.5 Å². The largest absolute Gasteiger partial charge is 0.504 e. The summed E-state index contributed by atoms with van der Waals surface area (Å²) in [6, 6.07) is 9.04. The van der Waals surface area contributed by atoms with Crippen molar-refractivity contribution in [3.63, 3.8) is 0 Å². The average molecular weight is 341 g/mol. The third-order valence-corrected chi connectivity index (χ3v) is 4.17. The highest BCUT2D eigenvalue weighted by molar-refractivity contribution is 6.36. The highest BCUT2D eigenvalue weighted by Crippen LogP contribution is 2.35. The molecule has 0 saturated carbocycles.